The Morgan fingerprint density at radius 2 is 1.71 bits per heavy atom. The first-order chi connectivity index (χ1) is 13.0. The van der Waals surface area contributed by atoms with Crippen LogP contribution in [0.5, 0.6) is 11.5 Å². The van der Waals surface area contributed by atoms with Crippen LogP contribution in [-0.2, 0) is 11.2 Å². The second-order valence-electron chi connectivity index (χ2n) is 6.30. The monoisotopic (exact) mass is 506 g/mol. The van der Waals surface area contributed by atoms with Gasteiger partial charge in [-0.15, -0.1) is 24.0 Å². The van der Waals surface area contributed by atoms with E-state index in [0.717, 1.165) is 30.0 Å². The molecule has 8 heteroatoms. The molecule has 0 unspecified atom stereocenters. The van der Waals surface area contributed by atoms with Crippen LogP contribution in [0.2, 0.25) is 0 Å². The number of guanidine groups is 1. The molecule has 1 amide bonds. The normalized spacial score (nSPS) is 10.9. The summed E-state index contributed by atoms with van der Waals surface area (Å²) in [6, 6.07) is 6.17. The number of nitrogens with zero attached hydrogens (tertiary/aromatic N) is 1. The van der Waals surface area contributed by atoms with E-state index in [2.05, 4.69) is 20.9 Å². The average Bonchev–Trinajstić information content (AvgIpc) is 2.62. The Balaban J connectivity index is 0.00000729. The van der Waals surface area contributed by atoms with E-state index in [1.54, 1.807) is 7.05 Å². The lowest BCUT2D eigenvalue weighted by molar-refractivity contribution is -0.121. The number of carbonyl (C=O) groups excluding carboxylic acids is 1. The number of aliphatic imine (C=N–C) groups is 1. The Hall–Kier alpha value is -1.71. The summed E-state index contributed by atoms with van der Waals surface area (Å²) < 4.78 is 11.3. The Bertz CT molecular complexity index is 609. The molecule has 0 spiro atoms. The molecule has 0 bridgehead atoms. The van der Waals surface area contributed by atoms with Crippen LogP contribution in [-0.4, -0.2) is 51.3 Å². The fraction of sp³-hybridized carbons (Fsp3) is 0.600. The van der Waals surface area contributed by atoms with Crippen molar-refractivity contribution in [3.8, 4) is 11.5 Å². The van der Waals surface area contributed by atoms with Crippen LogP contribution in [0.3, 0.4) is 0 Å². The molecule has 0 heterocycles. The van der Waals surface area contributed by atoms with Gasteiger partial charge < -0.3 is 25.4 Å². The third-order valence-electron chi connectivity index (χ3n) is 3.63. The Kier molecular flexibility index (Phi) is 14.3. The number of rotatable bonds is 11. The van der Waals surface area contributed by atoms with Crippen LogP contribution < -0.4 is 25.4 Å². The third-order valence-corrected chi connectivity index (χ3v) is 3.63. The minimum Gasteiger partial charge on any atom is -0.490 e. The van der Waals surface area contributed by atoms with Crippen LogP contribution in [0.25, 0.3) is 0 Å². The van der Waals surface area contributed by atoms with Crippen LogP contribution in [0.1, 0.15) is 39.7 Å². The summed E-state index contributed by atoms with van der Waals surface area (Å²) in [5, 5.41) is 9.28. The van der Waals surface area contributed by atoms with Crippen LogP contribution in [0, 0.1) is 0 Å². The zero-order valence-corrected chi connectivity index (χ0v) is 20.0. The lowest BCUT2D eigenvalue weighted by atomic mass is 10.1. The zero-order chi connectivity index (χ0) is 20.1. The molecule has 0 saturated heterocycles. The maximum atomic E-state index is 11.6. The lowest BCUT2D eigenvalue weighted by Gasteiger charge is -2.14. The van der Waals surface area contributed by atoms with Crippen molar-refractivity contribution in [2.75, 3.05) is 33.4 Å². The lowest BCUT2D eigenvalue weighted by Crippen LogP contribution is -2.40. The minimum atomic E-state index is 0. The highest BCUT2D eigenvalue weighted by Gasteiger charge is 2.07. The van der Waals surface area contributed by atoms with E-state index in [1.807, 2.05) is 45.9 Å². The molecule has 160 valence electrons. The van der Waals surface area contributed by atoms with Crippen LogP contribution >= 0.6 is 24.0 Å². The minimum absolute atomic E-state index is 0. The van der Waals surface area contributed by atoms with Gasteiger partial charge in [-0.3, -0.25) is 9.79 Å². The van der Waals surface area contributed by atoms with Crippen LogP contribution in [0.15, 0.2) is 23.2 Å². The van der Waals surface area contributed by atoms with Crippen molar-refractivity contribution in [3.63, 3.8) is 0 Å². The van der Waals surface area contributed by atoms with E-state index >= 15 is 0 Å². The molecular weight excluding hydrogens is 471 g/mol. The SMILES string of the molecule is CCOc1ccc(CCNC(=NC)NCCC(=O)NC(C)C)cc1OCC.I. The van der Waals surface area contributed by atoms with Gasteiger partial charge in [-0.2, -0.15) is 0 Å². The molecule has 0 aliphatic carbocycles. The van der Waals surface area contributed by atoms with E-state index in [9.17, 15) is 4.79 Å². The van der Waals surface area contributed by atoms with Crippen molar-refractivity contribution in [3.05, 3.63) is 23.8 Å². The molecule has 1 rings (SSSR count). The molecule has 7 nitrogen and oxygen atoms in total. The molecule has 0 atom stereocenters. The molecule has 0 saturated carbocycles. The fourth-order valence-electron chi connectivity index (χ4n) is 2.49. The third kappa shape index (κ3) is 10.6. The maximum Gasteiger partial charge on any atom is 0.221 e. The molecule has 3 N–H and O–H groups in total. The van der Waals surface area contributed by atoms with Gasteiger partial charge in [0.1, 0.15) is 0 Å². The van der Waals surface area contributed by atoms with Gasteiger partial charge in [0.05, 0.1) is 13.2 Å². The second kappa shape index (κ2) is 15.2. The summed E-state index contributed by atoms with van der Waals surface area (Å²) in [6.45, 7) is 10.3. The van der Waals surface area contributed by atoms with Gasteiger partial charge in [0.15, 0.2) is 17.5 Å². The zero-order valence-electron chi connectivity index (χ0n) is 17.6. The van der Waals surface area contributed by atoms with Crippen molar-refractivity contribution in [1.82, 2.24) is 16.0 Å². The average molecular weight is 506 g/mol. The van der Waals surface area contributed by atoms with E-state index in [0.29, 0.717) is 32.1 Å². The number of nitrogens with one attached hydrogen (secondary N) is 3. The maximum absolute atomic E-state index is 11.6. The van der Waals surface area contributed by atoms with E-state index < -0.39 is 0 Å². The first-order valence-corrected chi connectivity index (χ1v) is 9.62. The van der Waals surface area contributed by atoms with Gasteiger partial charge in [-0.1, -0.05) is 6.07 Å². The summed E-state index contributed by atoms with van der Waals surface area (Å²) in [7, 11) is 1.72. The number of hydrogen-bond donors (Lipinski definition) is 3. The first-order valence-electron chi connectivity index (χ1n) is 9.62. The highest BCUT2D eigenvalue weighted by Crippen LogP contribution is 2.28. The summed E-state index contributed by atoms with van der Waals surface area (Å²) in [5.41, 5.74) is 1.15. The summed E-state index contributed by atoms with van der Waals surface area (Å²) >= 11 is 0. The smallest absolute Gasteiger partial charge is 0.221 e. The summed E-state index contributed by atoms with van der Waals surface area (Å²) in [5.74, 6) is 2.26. The first kappa shape index (κ1) is 26.3. The predicted octanol–water partition coefficient (Wildman–Crippen LogP) is 2.72. The molecule has 0 aliphatic rings. The van der Waals surface area contributed by atoms with Crippen molar-refractivity contribution in [1.29, 1.82) is 0 Å². The molecular formula is C20H35IN4O3. The van der Waals surface area contributed by atoms with Gasteiger partial charge in [0, 0.05) is 32.6 Å². The van der Waals surface area contributed by atoms with Gasteiger partial charge in [0.25, 0.3) is 0 Å². The Labute approximate surface area is 186 Å². The standard InChI is InChI=1S/C20H34N4O3.HI/c1-6-26-17-9-8-16(14-18(17)27-7-2)10-12-22-20(21-5)23-13-11-19(25)24-15(3)4;/h8-9,14-15H,6-7,10-13H2,1-5H3,(H,24,25)(H2,21,22,23);1H. The van der Waals surface area contributed by atoms with Crippen molar-refractivity contribution < 1.29 is 14.3 Å². The second-order valence-corrected chi connectivity index (χ2v) is 6.30. The Morgan fingerprint density at radius 3 is 2.32 bits per heavy atom. The summed E-state index contributed by atoms with van der Waals surface area (Å²) in [4.78, 5) is 15.8. The largest absolute Gasteiger partial charge is 0.490 e. The van der Waals surface area contributed by atoms with E-state index in [1.165, 1.54) is 0 Å². The topological polar surface area (TPSA) is 84.0 Å². The molecule has 28 heavy (non-hydrogen) atoms. The van der Waals surface area contributed by atoms with Crippen molar-refractivity contribution in [2.24, 2.45) is 4.99 Å². The Morgan fingerprint density at radius 1 is 1.07 bits per heavy atom. The highest BCUT2D eigenvalue weighted by molar-refractivity contribution is 14.0. The highest BCUT2D eigenvalue weighted by atomic mass is 127. The molecule has 1 aromatic carbocycles. The predicted molar refractivity (Wildman–Crippen MR) is 125 cm³/mol. The number of benzene rings is 1. The molecule has 0 fully saturated rings. The fourth-order valence-corrected chi connectivity index (χ4v) is 2.49. The molecule has 0 radical (unpaired) electrons. The van der Waals surface area contributed by atoms with Gasteiger partial charge in [-0.05, 0) is 51.8 Å². The molecule has 0 aliphatic heterocycles. The van der Waals surface area contributed by atoms with E-state index in [-0.39, 0.29) is 35.9 Å². The summed E-state index contributed by atoms with van der Waals surface area (Å²) in [6.07, 6.45) is 1.23. The molecule has 0 aromatic heterocycles. The number of halogens is 1. The van der Waals surface area contributed by atoms with Crippen molar-refractivity contribution >= 4 is 35.8 Å². The van der Waals surface area contributed by atoms with Gasteiger partial charge in [-0.25, -0.2) is 0 Å². The number of carbonyl (C=O) groups is 1. The number of amides is 1. The van der Waals surface area contributed by atoms with E-state index in [4.69, 9.17) is 9.47 Å². The number of hydrogen-bond acceptors (Lipinski definition) is 4. The quantitative estimate of drug-likeness (QED) is 0.244. The molecule has 1 aromatic rings. The van der Waals surface area contributed by atoms with Gasteiger partial charge >= 0.3 is 0 Å². The van der Waals surface area contributed by atoms with Crippen LogP contribution in [0.4, 0.5) is 0 Å². The number of ether oxygens (including phenoxy) is 2. The van der Waals surface area contributed by atoms with Crippen molar-refractivity contribution in [2.45, 2.75) is 46.6 Å². The van der Waals surface area contributed by atoms with Gasteiger partial charge in [0.2, 0.25) is 5.91 Å².